The van der Waals surface area contributed by atoms with Crippen molar-refractivity contribution < 1.29 is 27.5 Å². The highest BCUT2D eigenvalue weighted by Gasteiger charge is 2.37. The fourth-order valence-corrected chi connectivity index (χ4v) is 3.84. The molecule has 8 nitrogen and oxygen atoms in total. The summed E-state index contributed by atoms with van der Waals surface area (Å²) in [5.41, 5.74) is -0.425. The fourth-order valence-electron chi connectivity index (χ4n) is 3.06. The van der Waals surface area contributed by atoms with Gasteiger partial charge in [0.2, 0.25) is 0 Å². The van der Waals surface area contributed by atoms with Gasteiger partial charge in [0.25, 0.3) is 11.8 Å². The number of carbonyl (C=O) groups is 1. The lowest BCUT2D eigenvalue weighted by Crippen LogP contribution is -2.22. The molecule has 1 aromatic carbocycles. The maximum atomic E-state index is 13.4. The molecule has 3 aromatic rings. The SMILES string of the molecule is Cc1cc(Br)cc(C2=NOCCO2)c1NC(=O)c1cc(C(F)(F)F)nn1-c1ncccc1Cl. The molecule has 13 heteroatoms. The second kappa shape index (κ2) is 9.02. The fraction of sp³-hybridized carbons (Fsp3) is 0.200. The van der Waals surface area contributed by atoms with Crippen molar-refractivity contribution in [2.24, 2.45) is 5.16 Å². The van der Waals surface area contributed by atoms with E-state index in [2.05, 4.69) is 36.5 Å². The van der Waals surface area contributed by atoms with Crippen molar-refractivity contribution in [2.45, 2.75) is 13.1 Å². The number of alkyl halides is 3. The van der Waals surface area contributed by atoms with Crippen LogP contribution in [0.4, 0.5) is 18.9 Å². The number of nitrogens with zero attached hydrogens (tertiary/aromatic N) is 4. The molecular weight excluding hydrogens is 531 g/mol. The first kappa shape index (κ1) is 23.1. The molecule has 1 aliphatic rings. The first-order chi connectivity index (χ1) is 15.6. The van der Waals surface area contributed by atoms with E-state index >= 15 is 0 Å². The Balaban J connectivity index is 1.80. The number of rotatable bonds is 4. The molecule has 33 heavy (non-hydrogen) atoms. The summed E-state index contributed by atoms with van der Waals surface area (Å²) in [7, 11) is 0. The van der Waals surface area contributed by atoms with Crippen molar-refractivity contribution in [1.82, 2.24) is 14.8 Å². The van der Waals surface area contributed by atoms with Crippen LogP contribution in [-0.4, -0.2) is 39.8 Å². The number of oxime groups is 1. The molecule has 0 spiro atoms. The molecule has 2 aromatic heterocycles. The summed E-state index contributed by atoms with van der Waals surface area (Å²) in [6, 6.07) is 6.92. The predicted octanol–water partition coefficient (Wildman–Crippen LogP) is 4.97. The number of halogens is 5. The average Bonchev–Trinajstić information content (AvgIpc) is 3.22. The Kier molecular flexibility index (Phi) is 6.30. The molecule has 0 unspecified atom stereocenters. The number of aromatic nitrogens is 3. The average molecular weight is 545 g/mol. The number of nitrogens with one attached hydrogen (secondary N) is 1. The molecule has 3 heterocycles. The van der Waals surface area contributed by atoms with Gasteiger partial charge in [-0.15, -0.1) is 0 Å². The Morgan fingerprint density at radius 1 is 1.27 bits per heavy atom. The van der Waals surface area contributed by atoms with Crippen LogP contribution >= 0.6 is 27.5 Å². The second-order valence-corrected chi connectivity index (χ2v) is 8.13. The molecule has 0 radical (unpaired) electrons. The summed E-state index contributed by atoms with van der Waals surface area (Å²) in [6.45, 7) is 2.22. The lowest BCUT2D eigenvalue weighted by molar-refractivity contribution is -0.141. The van der Waals surface area contributed by atoms with Crippen LogP contribution in [0.1, 0.15) is 27.3 Å². The van der Waals surface area contributed by atoms with E-state index in [0.29, 0.717) is 21.7 Å². The molecule has 1 N–H and O–H groups in total. The maximum absolute atomic E-state index is 13.4. The van der Waals surface area contributed by atoms with Gasteiger partial charge in [0, 0.05) is 16.7 Å². The van der Waals surface area contributed by atoms with E-state index in [1.165, 1.54) is 18.3 Å². The number of ether oxygens (including phenoxy) is 1. The highest BCUT2D eigenvalue weighted by molar-refractivity contribution is 9.10. The molecule has 0 fully saturated rings. The Morgan fingerprint density at radius 2 is 2.06 bits per heavy atom. The van der Waals surface area contributed by atoms with Crippen molar-refractivity contribution in [3.05, 3.63) is 68.5 Å². The number of pyridine rings is 1. The van der Waals surface area contributed by atoms with Gasteiger partial charge < -0.3 is 14.9 Å². The summed E-state index contributed by atoms with van der Waals surface area (Å²) in [6.07, 6.45) is -3.46. The summed E-state index contributed by atoms with van der Waals surface area (Å²) in [4.78, 5) is 22.2. The number of hydrogen-bond donors (Lipinski definition) is 1. The number of hydrogen-bond acceptors (Lipinski definition) is 6. The zero-order valence-electron chi connectivity index (χ0n) is 16.8. The number of carbonyl (C=O) groups excluding carboxylic acids is 1. The van der Waals surface area contributed by atoms with Crippen LogP contribution < -0.4 is 5.32 Å². The third kappa shape index (κ3) is 4.81. The van der Waals surface area contributed by atoms with E-state index in [0.717, 1.165) is 4.68 Å². The van der Waals surface area contributed by atoms with Crippen molar-refractivity contribution in [1.29, 1.82) is 0 Å². The molecule has 4 rings (SSSR count). The van der Waals surface area contributed by atoms with Gasteiger partial charge in [0.05, 0.1) is 16.3 Å². The smallest absolute Gasteiger partial charge is 0.435 e. The maximum Gasteiger partial charge on any atom is 0.435 e. The minimum absolute atomic E-state index is 0.0194. The third-order valence-corrected chi connectivity index (χ3v) is 5.26. The molecule has 0 bridgehead atoms. The normalized spacial score (nSPS) is 13.7. The third-order valence-electron chi connectivity index (χ3n) is 4.50. The zero-order chi connectivity index (χ0) is 23.8. The van der Waals surface area contributed by atoms with Crippen LogP contribution in [0.15, 0.2) is 46.2 Å². The van der Waals surface area contributed by atoms with Gasteiger partial charge >= 0.3 is 6.18 Å². The van der Waals surface area contributed by atoms with Gasteiger partial charge in [-0.2, -0.15) is 18.3 Å². The van der Waals surface area contributed by atoms with Crippen molar-refractivity contribution in [3.63, 3.8) is 0 Å². The minimum Gasteiger partial charge on any atom is -0.471 e. The minimum atomic E-state index is -4.79. The topological polar surface area (TPSA) is 90.6 Å². The van der Waals surface area contributed by atoms with Gasteiger partial charge in [-0.25, -0.2) is 9.67 Å². The van der Waals surface area contributed by atoms with Crippen molar-refractivity contribution >= 4 is 45.0 Å². The Hall–Kier alpha value is -3.12. The Labute approximate surface area is 198 Å². The van der Waals surface area contributed by atoms with Crippen LogP contribution in [0.2, 0.25) is 5.02 Å². The van der Waals surface area contributed by atoms with Crippen LogP contribution in [0.3, 0.4) is 0 Å². The Morgan fingerprint density at radius 3 is 2.73 bits per heavy atom. The Bertz CT molecular complexity index is 1260. The molecule has 1 amide bonds. The molecule has 0 atom stereocenters. The standard InChI is InChI=1S/C20H14BrClF3N5O3/c1-10-7-11(21)8-12(19-29-33-6-5-32-19)16(10)27-18(31)14-9-15(20(23,24)25)28-30(14)17-13(22)3-2-4-26-17/h2-4,7-9H,5-6H2,1H3,(H,27,31). The highest BCUT2D eigenvalue weighted by atomic mass is 79.9. The van der Waals surface area contributed by atoms with Gasteiger partial charge in [0.15, 0.2) is 18.1 Å². The summed E-state index contributed by atoms with van der Waals surface area (Å²) in [5, 5.41) is 10.1. The molecule has 172 valence electrons. The first-order valence-electron chi connectivity index (χ1n) is 9.38. The van der Waals surface area contributed by atoms with E-state index in [4.69, 9.17) is 21.2 Å². The number of anilines is 1. The van der Waals surface area contributed by atoms with Crippen LogP contribution in [-0.2, 0) is 15.8 Å². The highest BCUT2D eigenvalue weighted by Crippen LogP contribution is 2.32. The first-order valence-corrected chi connectivity index (χ1v) is 10.5. The van der Waals surface area contributed by atoms with E-state index in [1.54, 1.807) is 19.1 Å². The lowest BCUT2D eigenvalue weighted by Gasteiger charge is -2.19. The van der Waals surface area contributed by atoms with E-state index in [9.17, 15) is 18.0 Å². The summed E-state index contributed by atoms with van der Waals surface area (Å²) in [5.74, 6) is -0.872. The molecule has 0 aliphatic carbocycles. The van der Waals surface area contributed by atoms with E-state index in [-0.39, 0.29) is 35.6 Å². The van der Waals surface area contributed by atoms with E-state index < -0.39 is 23.5 Å². The van der Waals surface area contributed by atoms with Crippen LogP contribution in [0, 0.1) is 6.92 Å². The van der Waals surface area contributed by atoms with Crippen molar-refractivity contribution in [2.75, 3.05) is 18.5 Å². The monoisotopic (exact) mass is 543 g/mol. The lowest BCUT2D eigenvalue weighted by atomic mass is 10.1. The number of benzene rings is 1. The van der Waals surface area contributed by atoms with Gasteiger partial charge in [-0.1, -0.05) is 27.5 Å². The number of amides is 1. The number of aryl methyl sites for hydroxylation is 1. The van der Waals surface area contributed by atoms with Crippen molar-refractivity contribution in [3.8, 4) is 5.82 Å². The molecule has 1 aliphatic heterocycles. The summed E-state index contributed by atoms with van der Waals surface area (Å²) < 4.78 is 47.1. The summed E-state index contributed by atoms with van der Waals surface area (Å²) >= 11 is 9.48. The van der Waals surface area contributed by atoms with Gasteiger partial charge in [-0.3, -0.25) is 4.79 Å². The van der Waals surface area contributed by atoms with Crippen LogP contribution in [0.25, 0.3) is 5.82 Å². The largest absolute Gasteiger partial charge is 0.471 e. The molecule has 0 saturated heterocycles. The second-order valence-electron chi connectivity index (χ2n) is 6.81. The molecule has 0 saturated carbocycles. The zero-order valence-corrected chi connectivity index (χ0v) is 19.1. The van der Waals surface area contributed by atoms with Gasteiger partial charge in [-0.05, 0) is 41.9 Å². The van der Waals surface area contributed by atoms with Crippen LogP contribution in [0.5, 0.6) is 0 Å². The predicted molar refractivity (Wildman–Crippen MR) is 117 cm³/mol. The molecular formula is C20H14BrClF3N5O3. The van der Waals surface area contributed by atoms with Gasteiger partial charge in [0.1, 0.15) is 12.3 Å². The quantitative estimate of drug-likeness (QED) is 0.501. The van der Waals surface area contributed by atoms with E-state index in [1.807, 2.05) is 0 Å².